The molecule has 3 rings (SSSR count). The van der Waals surface area contributed by atoms with Gasteiger partial charge >= 0.3 is 5.97 Å². The van der Waals surface area contributed by atoms with Gasteiger partial charge in [0.15, 0.2) is 11.5 Å². The fourth-order valence-corrected chi connectivity index (χ4v) is 2.17. The first-order chi connectivity index (χ1) is 10.3. The number of fused-ring (bicyclic) bond motifs is 1. The summed E-state index contributed by atoms with van der Waals surface area (Å²) in [5.74, 6) is 1.22. The van der Waals surface area contributed by atoms with Crippen molar-refractivity contribution in [3.63, 3.8) is 0 Å². The molecular weight excluding hydrogens is 270 g/mol. The molecule has 0 unspecified atom stereocenters. The van der Waals surface area contributed by atoms with Crippen LogP contribution in [0.4, 0.5) is 5.69 Å². The number of carbonyl (C=O) groups is 1. The van der Waals surface area contributed by atoms with Crippen molar-refractivity contribution in [2.45, 2.75) is 6.54 Å². The van der Waals surface area contributed by atoms with E-state index < -0.39 is 0 Å². The van der Waals surface area contributed by atoms with E-state index in [2.05, 4.69) is 10.1 Å². The molecule has 0 atom stereocenters. The summed E-state index contributed by atoms with van der Waals surface area (Å²) in [4.78, 5) is 11.4. The van der Waals surface area contributed by atoms with E-state index in [-0.39, 0.29) is 12.8 Å². The van der Waals surface area contributed by atoms with E-state index >= 15 is 0 Å². The van der Waals surface area contributed by atoms with Gasteiger partial charge in [0.05, 0.1) is 12.7 Å². The first-order valence-corrected chi connectivity index (χ1v) is 6.57. The molecule has 2 aromatic carbocycles. The van der Waals surface area contributed by atoms with Crippen LogP contribution < -0.4 is 14.8 Å². The monoisotopic (exact) mass is 285 g/mol. The highest BCUT2D eigenvalue weighted by Crippen LogP contribution is 2.35. The molecule has 21 heavy (non-hydrogen) atoms. The van der Waals surface area contributed by atoms with Gasteiger partial charge in [0, 0.05) is 17.8 Å². The molecule has 0 radical (unpaired) electrons. The van der Waals surface area contributed by atoms with Crippen molar-refractivity contribution in [2.75, 3.05) is 19.2 Å². The van der Waals surface area contributed by atoms with Crippen molar-refractivity contribution in [3.05, 3.63) is 53.6 Å². The molecule has 0 saturated heterocycles. The molecule has 0 aromatic heterocycles. The van der Waals surface area contributed by atoms with Gasteiger partial charge in [-0.1, -0.05) is 12.1 Å². The molecule has 1 aliphatic rings. The van der Waals surface area contributed by atoms with E-state index in [1.807, 2.05) is 30.3 Å². The first kappa shape index (κ1) is 13.3. The van der Waals surface area contributed by atoms with Gasteiger partial charge in [-0.3, -0.25) is 0 Å². The molecule has 0 fully saturated rings. The van der Waals surface area contributed by atoms with Gasteiger partial charge in [0.2, 0.25) is 6.79 Å². The zero-order valence-electron chi connectivity index (χ0n) is 11.6. The molecule has 0 saturated carbocycles. The number of methoxy groups -OCH3 is 1. The zero-order valence-corrected chi connectivity index (χ0v) is 11.6. The van der Waals surface area contributed by atoms with Crippen molar-refractivity contribution in [2.24, 2.45) is 0 Å². The van der Waals surface area contributed by atoms with Gasteiger partial charge < -0.3 is 19.5 Å². The van der Waals surface area contributed by atoms with E-state index in [4.69, 9.17) is 9.47 Å². The zero-order chi connectivity index (χ0) is 14.7. The standard InChI is InChI=1S/C16H15NO4/c1-19-16(18)11-5-7-13(8-6-11)17-9-12-3-2-4-14-15(12)21-10-20-14/h2-8,17H,9-10H2,1H3. The Morgan fingerprint density at radius 1 is 1.19 bits per heavy atom. The van der Waals surface area contributed by atoms with Crippen molar-refractivity contribution in [1.29, 1.82) is 0 Å². The third-order valence-electron chi connectivity index (χ3n) is 3.27. The van der Waals surface area contributed by atoms with E-state index in [9.17, 15) is 4.79 Å². The highest BCUT2D eigenvalue weighted by Gasteiger charge is 2.16. The third-order valence-corrected chi connectivity index (χ3v) is 3.27. The number of anilines is 1. The van der Waals surface area contributed by atoms with Crippen LogP contribution in [-0.2, 0) is 11.3 Å². The lowest BCUT2D eigenvalue weighted by molar-refractivity contribution is 0.0601. The molecule has 1 N–H and O–H groups in total. The van der Waals surface area contributed by atoms with Crippen LogP contribution in [-0.4, -0.2) is 19.9 Å². The number of benzene rings is 2. The van der Waals surface area contributed by atoms with Crippen LogP contribution in [0.25, 0.3) is 0 Å². The number of para-hydroxylation sites is 1. The third kappa shape index (κ3) is 2.76. The molecule has 0 aliphatic carbocycles. The number of hydrogen-bond acceptors (Lipinski definition) is 5. The molecule has 1 aliphatic heterocycles. The maximum Gasteiger partial charge on any atom is 0.337 e. The van der Waals surface area contributed by atoms with Gasteiger partial charge in [-0.25, -0.2) is 4.79 Å². The Morgan fingerprint density at radius 3 is 2.76 bits per heavy atom. The molecule has 5 heteroatoms. The van der Waals surface area contributed by atoms with Crippen LogP contribution >= 0.6 is 0 Å². The Hall–Kier alpha value is -2.69. The lowest BCUT2D eigenvalue weighted by Gasteiger charge is -2.09. The van der Waals surface area contributed by atoms with Crippen molar-refractivity contribution >= 4 is 11.7 Å². The Balaban J connectivity index is 1.68. The molecule has 5 nitrogen and oxygen atoms in total. The van der Waals surface area contributed by atoms with E-state index in [0.717, 1.165) is 22.7 Å². The predicted octanol–water partition coefficient (Wildman–Crippen LogP) is 2.81. The molecule has 0 spiro atoms. The number of ether oxygens (including phenoxy) is 3. The van der Waals surface area contributed by atoms with E-state index in [1.165, 1.54) is 7.11 Å². The Bertz CT molecular complexity index is 652. The highest BCUT2D eigenvalue weighted by atomic mass is 16.7. The summed E-state index contributed by atoms with van der Waals surface area (Å²) in [6.07, 6.45) is 0. The summed E-state index contributed by atoms with van der Waals surface area (Å²) in [5, 5.41) is 3.29. The van der Waals surface area contributed by atoms with Gasteiger partial charge in [-0.15, -0.1) is 0 Å². The van der Waals surface area contributed by atoms with Crippen LogP contribution in [0.3, 0.4) is 0 Å². The predicted molar refractivity (Wildman–Crippen MR) is 77.7 cm³/mol. The Morgan fingerprint density at radius 2 is 2.00 bits per heavy atom. The van der Waals surface area contributed by atoms with Gasteiger partial charge in [-0.05, 0) is 30.3 Å². The maximum atomic E-state index is 11.4. The topological polar surface area (TPSA) is 56.8 Å². The Kier molecular flexibility index (Phi) is 3.64. The second-order valence-corrected chi connectivity index (χ2v) is 4.57. The fourth-order valence-electron chi connectivity index (χ4n) is 2.17. The van der Waals surface area contributed by atoms with E-state index in [0.29, 0.717) is 12.1 Å². The summed E-state index contributed by atoms with van der Waals surface area (Å²) in [6, 6.07) is 12.9. The van der Waals surface area contributed by atoms with E-state index in [1.54, 1.807) is 12.1 Å². The maximum absolute atomic E-state index is 11.4. The second-order valence-electron chi connectivity index (χ2n) is 4.57. The lowest BCUT2D eigenvalue weighted by atomic mass is 10.1. The highest BCUT2D eigenvalue weighted by molar-refractivity contribution is 5.89. The summed E-state index contributed by atoms with van der Waals surface area (Å²) >= 11 is 0. The van der Waals surface area contributed by atoms with Crippen molar-refractivity contribution < 1.29 is 19.0 Å². The van der Waals surface area contributed by atoms with Crippen molar-refractivity contribution in [1.82, 2.24) is 0 Å². The van der Waals surface area contributed by atoms with Crippen molar-refractivity contribution in [3.8, 4) is 11.5 Å². The molecule has 108 valence electrons. The minimum Gasteiger partial charge on any atom is -0.465 e. The molecule has 1 heterocycles. The van der Waals surface area contributed by atoms with Gasteiger partial charge in [-0.2, -0.15) is 0 Å². The lowest BCUT2D eigenvalue weighted by Crippen LogP contribution is -2.03. The van der Waals surface area contributed by atoms with Crippen LogP contribution in [0.1, 0.15) is 15.9 Å². The average Bonchev–Trinajstić information content (AvgIpc) is 3.02. The number of nitrogens with one attached hydrogen (secondary N) is 1. The van der Waals surface area contributed by atoms with Crippen LogP contribution in [0, 0.1) is 0 Å². The quantitative estimate of drug-likeness (QED) is 0.875. The second kappa shape index (κ2) is 5.75. The van der Waals surface area contributed by atoms with Crippen LogP contribution in [0.15, 0.2) is 42.5 Å². The first-order valence-electron chi connectivity index (χ1n) is 6.57. The normalized spacial score (nSPS) is 12.0. The van der Waals surface area contributed by atoms with Crippen LogP contribution in [0.5, 0.6) is 11.5 Å². The number of carbonyl (C=O) groups excluding carboxylic acids is 1. The Labute approximate surface area is 122 Å². The number of esters is 1. The summed E-state index contributed by atoms with van der Waals surface area (Å²) in [7, 11) is 1.37. The smallest absolute Gasteiger partial charge is 0.337 e. The van der Waals surface area contributed by atoms with Gasteiger partial charge in [0.1, 0.15) is 0 Å². The molecule has 0 bridgehead atoms. The SMILES string of the molecule is COC(=O)c1ccc(NCc2cccc3c2OCO3)cc1. The minimum atomic E-state index is -0.340. The van der Waals surface area contributed by atoms with Crippen LogP contribution in [0.2, 0.25) is 0 Å². The largest absolute Gasteiger partial charge is 0.465 e. The van der Waals surface area contributed by atoms with Gasteiger partial charge in [0.25, 0.3) is 0 Å². The summed E-state index contributed by atoms with van der Waals surface area (Å²) in [5.41, 5.74) is 2.47. The summed E-state index contributed by atoms with van der Waals surface area (Å²) in [6.45, 7) is 0.879. The average molecular weight is 285 g/mol. The number of rotatable bonds is 4. The molecule has 0 amide bonds. The minimum absolute atomic E-state index is 0.264. The summed E-state index contributed by atoms with van der Waals surface area (Å²) < 4.78 is 15.5. The molecular formula is C16H15NO4. The fraction of sp³-hybridized carbons (Fsp3) is 0.188. The number of hydrogen-bond donors (Lipinski definition) is 1. The molecule has 2 aromatic rings.